The van der Waals surface area contributed by atoms with Crippen LogP contribution in [0.3, 0.4) is 0 Å². The van der Waals surface area contributed by atoms with E-state index < -0.39 is 5.60 Å². The van der Waals surface area contributed by atoms with E-state index in [0.29, 0.717) is 31.5 Å². The highest BCUT2D eigenvalue weighted by molar-refractivity contribution is 9.10. The first kappa shape index (κ1) is 14.6. The number of benzene rings is 1. The first-order valence-corrected chi connectivity index (χ1v) is 6.67. The molecule has 0 unspecified atom stereocenters. The highest BCUT2D eigenvalue weighted by Gasteiger charge is 2.21. The first-order valence-electron chi connectivity index (χ1n) is 5.88. The number of hydrogen-bond donors (Lipinski definition) is 2. The number of halogens is 2. The fraction of sp³-hybridized carbons (Fsp3) is 0.538. The molecule has 0 aliphatic heterocycles. The highest BCUT2D eigenvalue weighted by atomic mass is 79.9. The molecular formula is C13H19BrFNO. The van der Waals surface area contributed by atoms with Crippen molar-refractivity contribution in [3.63, 3.8) is 0 Å². The van der Waals surface area contributed by atoms with Crippen LogP contribution in [0.1, 0.15) is 32.3 Å². The molecule has 0 heterocycles. The van der Waals surface area contributed by atoms with Crippen LogP contribution >= 0.6 is 15.9 Å². The second kappa shape index (κ2) is 6.47. The number of rotatable bonds is 6. The second-order valence-electron chi connectivity index (χ2n) is 4.27. The minimum atomic E-state index is -0.689. The van der Waals surface area contributed by atoms with Gasteiger partial charge in [0.25, 0.3) is 0 Å². The average molecular weight is 304 g/mol. The van der Waals surface area contributed by atoms with Crippen LogP contribution in [-0.4, -0.2) is 17.3 Å². The fourth-order valence-corrected chi connectivity index (χ4v) is 1.93. The molecule has 0 atom stereocenters. The molecule has 0 aliphatic carbocycles. The van der Waals surface area contributed by atoms with Crippen LogP contribution < -0.4 is 5.32 Å². The van der Waals surface area contributed by atoms with Gasteiger partial charge >= 0.3 is 0 Å². The maximum atomic E-state index is 13.5. The minimum Gasteiger partial charge on any atom is -0.389 e. The lowest BCUT2D eigenvalue weighted by Crippen LogP contribution is -2.39. The Morgan fingerprint density at radius 1 is 1.35 bits per heavy atom. The van der Waals surface area contributed by atoms with E-state index in [4.69, 9.17) is 0 Å². The van der Waals surface area contributed by atoms with E-state index in [1.807, 2.05) is 19.9 Å². The molecule has 0 amide bonds. The SMILES string of the molecule is CCC(O)(CC)CNCc1ccc(Br)cc1F. The van der Waals surface area contributed by atoms with Gasteiger partial charge in [-0.25, -0.2) is 4.39 Å². The van der Waals surface area contributed by atoms with E-state index in [1.165, 1.54) is 6.07 Å². The molecule has 0 aromatic heterocycles. The largest absolute Gasteiger partial charge is 0.389 e. The zero-order chi connectivity index (χ0) is 12.9. The monoisotopic (exact) mass is 303 g/mol. The molecule has 0 radical (unpaired) electrons. The molecule has 1 rings (SSSR count). The van der Waals surface area contributed by atoms with Crippen molar-refractivity contribution in [2.75, 3.05) is 6.54 Å². The number of nitrogens with one attached hydrogen (secondary N) is 1. The number of aliphatic hydroxyl groups is 1. The summed E-state index contributed by atoms with van der Waals surface area (Å²) in [5.74, 6) is -0.233. The summed E-state index contributed by atoms with van der Waals surface area (Å²) in [6.45, 7) is 4.81. The predicted molar refractivity (Wildman–Crippen MR) is 71.3 cm³/mol. The molecule has 96 valence electrons. The van der Waals surface area contributed by atoms with Crippen molar-refractivity contribution in [1.82, 2.24) is 5.32 Å². The summed E-state index contributed by atoms with van der Waals surface area (Å²) in [6, 6.07) is 5.00. The summed E-state index contributed by atoms with van der Waals surface area (Å²) in [5, 5.41) is 13.2. The van der Waals surface area contributed by atoms with Crippen molar-refractivity contribution in [2.24, 2.45) is 0 Å². The smallest absolute Gasteiger partial charge is 0.128 e. The Balaban J connectivity index is 2.51. The Bertz CT molecular complexity index is 366. The van der Waals surface area contributed by atoms with Gasteiger partial charge in [-0.3, -0.25) is 0 Å². The van der Waals surface area contributed by atoms with E-state index >= 15 is 0 Å². The molecule has 0 saturated heterocycles. The van der Waals surface area contributed by atoms with Crippen molar-refractivity contribution in [1.29, 1.82) is 0 Å². The van der Waals surface area contributed by atoms with Gasteiger partial charge in [-0.2, -0.15) is 0 Å². The highest BCUT2D eigenvalue weighted by Crippen LogP contribution is 2.16. The summed E-state index contributed by atoms with van der Waals surface area (Å²) < 4.78 is 14.2. The van der Waals surface area contributed by atoms with Crippen molar-refractivity contribution in [3.8, 4) is 0 Å². The molecule has 2 nitrogen and oxygen atoms in total. The van der Waals surface area contributed by atoms with Gasteiger partial charge in [-0.05, 0) is 25.0 Å². The zero-order valence-corrected chi connectivity index (χ0v) is 11.8. The third kappa shape index (κ3) is 4.37. The van der Waals surface area contributed by atoms with Gasteiger partial charge < -0.3 is 10.4 Å². The Morgan fingerprint density at radius 3 is 2.53 bits per heavy atom. The molecule has 2 N–H and O–H groups in total. The predicted octanol–water partition coefficient (Wildman–Crippen LogP) is 3.23. The lowest BCUT2D eigenvalue weighted by molar-refractivity contribution is 0.0322. The van der Waals surface area contributed by atoms with Gasteiger partial charge in [0.1, 0.15) is 5.82 Å². The zero-order valence-electron chi connectivity index (χ0n) is 10.3. The van der Waals surface area contributed by atoms with Crippen molar-refractivity contribution in [2.45, 2.75) is 38.8 Å². The molecule has 1 aromatic rings. The minimum absolute atomic E-state index is 0.233. The molecule has 4 heteroatoms. The molecule has 0 bridgehead atoms. The average Bonchev–Trinajstić information content (AvgIpc) is 2.32. The van der Waals surface area contributed by atoms with Gasteiger partial charge in [0.05, 0.1) is 5.60 Å². The van der Waals surface area contributed by atoms with Crippen LogP contribution in [0.15, 0.2) is 22.7 Å². The topological polar surface area (TPSA) is 32.3 Å². The van der Waals surface area contributed by atoms with Crippen molar-refractivity contribution < 1.29 is 9.50 Å². The van der Waals surface area contributed by atoms with Crippen LogP contribution in [0.25, 0.3) is 0 Å². The van der Waals surface area contributed by atoms with Gasteiger partial charge in [0.15, 0.2) is 0 Å². The summed E-state index contributed by atoms with van der Waals surface area (Å²) in [5.41, 5.74) is -0.0750. The van der Waals surface area contributed by atoms with Crippen LogP contribution in [0.5, 0.6) is 0 Å². The van der Waals surface area contributed by atoms with E-state index in [0.717, 1.165) is 4.47 Å². The van der Waals surface area contributed by atoms with Gasteiger partial charge in [-0.15, -0.1) is 0 Å². The molecule has 0 aliphatic rings. The van der Waals surface area contributed by atoms with Crippen LogP contribution in [0.4, 0.5) is 4.39 Å². The Hall–Kier alpha value is -0.450. The third-order valence-corrected chi connectivity index (χ3v) is 3.59. The molecule has 0 spiro atoms. The van der Waals surface area contributed by atoms with E-state index in [9.17, 15) is 9.50 Å². The van der Waals surface area contributed by atoms with E-state index in [2.05, 4.69) is 21.2 Å². The van der Waals surface area contributed by atoms with E-state index in [-0.39, 0.29) is 5.82 Å². The number of hydrogen-bond acceptors (Lipinski definition) is 2. The summed E-state index contributed by atoms with van der Waals surface area (Å²) >= 11 is 3.22. The lowest BCUT2D eigenvalue weighted by atomic mass is 9.97. The normalized spacial score (nSPS) is 11.8. The summed E-state index contributed by atoms with van der Waals surface area (Å²) in [6.07, 6.45) is 1.39. The van der Waals surface area contributed by atoms with Crippen molar-refractivity contribution in [3.05, 3.63) is 34.1 Å². The fourth-order valence-electron chi connectivity index (χ4n) is 1.59. The third-order valence-electron chi connectivity index (χ3n) is 3.10. The first-order chi connectivity index (χ1) is 8.00. The Kier molecular flexibility index (Phi) is 5.56. The molecule has 0 fully saturated rings. The molecular weight excluding hydrogens is 285 g/mol. The molecule has 1 aromatic carbocycles. The van der Waals surface area contributed by atoms with Crippen LogP contribution in [0, 0.1) is 5.82 Å². The maximum Gasteiger partial charge on any atom is 0.128 e. The van der Waals surface area contributed by atoms with E-state index in [1.54, 1.807) is 6.07 Å². The van der Waals surface area contributed by atoms with Gasteiger partial charge in [0.2, 0.25) is 0 Å². The van der Waals surface area contributed by atoms with Crippen molar-refractivity contribution >= 4 is 15.9 Å². The lowest BCUT2D eigenvalue weighted by Gasteiger charge is -2.25. The van der Waals surface area contributed by atoms with Gasteiger partial charge in [0, 0.05) is 23.1 Å². The Labute approximate surface area is 110 Å². The standard InChI is InChI=1S/C13H19BrFNO/c1-3-13(17,4-2)9-16-8-10-5-6-11(14)7-12(10)15/h5-7,16-17H,3-4,8-9H2,1-2H3. The second-order valence-corrected chi connectivity index (χ2v) is 5.19. The van der Waals surface area contributed by atoms with Crippen LogP contribution in [0.2, 0.25) is 0 Å². The molecule has 0 saturated carbocycles. The molecule has 17 heavy (non-hydrogen) atoms. The Morgan fingerprint density at radius 2 is 2.00 bits per heavy atom. The quantitative estimate of drug-likeness (QED) is 0.846. The van der Waals surface area contributed by atoms with Gasteiger partial charge in [-0.1, -0.05) is 35.8 Å². The van der Waals surface area contributed by atoms with Crippen LogP contribution in [-0.2, 0) is 6.54 Å². The summed E-state index contributed by atoms with van der Waals surface area (Å²) in [4.78, 5) is 0. The summed E-state index contributed by atoms with van der Waals surface area (Å²) in [7, 11) is 0. The maximum absolute atomic E-state index is 13.5.